The van der Waals surface area contributed by atoms with Gasteiger partial charge in [0.15, 0.2) is 5.17 Å². The molecule has 0 unspecified atom stereocenters. The smallest absolute Gasteiger partial charge is 0.264 e. The Bertz CT molecular complexity index is 798. The van der Waals surface area contributed by atoms with Crippen LogP contribution in [0.1, 0.15) is 5.56 Å². The minimum atomic E-state index is -0.231. The van der Waals surface area contributed by atoms with Gasteiger partial charge < -0.3 is 15.2 Å². The molecular weight excluding hydrogens is 312 g/mol. The number of ether oxygens (including phenoxy) is 1. The quantitative estimate of drug-likeness (QED) is 0.849. The summed E-state index contributed by atoms with van der Waals surface area (Å²) in [6, 6.07) is 14.1. The van der Waals surface area contributed by atoms with Gasteiger partial charge in [-0.25, -0.2) is 4.99 Å². The van der Waals surface area contributed by atoms with Gasteiger partial charge in [0, 0.05) is 5.56 Å². The third-order valence-corrected chi connectivity index (χ3v) is 4.09. The van der Waals surface area contributed by atoms with Gasteiger partial charge in [-0.3, -0.25) is 4.79 Å². The number of aliphatic imine (C=N–C) groups is 1. The Morgan fingerprint density at radius 1 is 1.17 bits per heavy atom. The van der Waals surface area contributed by atoms with Crippen molar-refractivity contribution in [1.82, 2.24) is 5.32 Å². The Labute approximate surface area is 137 Å². The molecule has 6 heteroatoms. The number of benzene rings is 2. The second-order valence-electron chi connectivity index (χ2n) is 4.74. The van der Waals surface area contributed by atoms with E-state index in [9.17, 15) is 9.90 Å². The van der Waals surface area contributed by atoms with Crippen molar-refractivity contribution in [3.8, 4) is 11.5 Å². The van der Waals surface area contributed by atoms with Crippen molar-refractivity contribution in [3.05, 3.63) is 59.0 Å². The van der Waals surface area contributed by atoms with E-state index >= 15 is 0 Å². The summed E-state index contributed by atoms with van der Waals surface area (Å²) in [7, 11) is 1.60. The molecule has 0 radical (unpaired) electrons. The number of nitrogens with zero attached hydrogens (tertiary/aromatic N) is 1. The van der Waals surface area contributed by atoms with Crippen molar-refractivity contribution in [2.24, 2.45) is 4.99 Å². The van der Waals surface area contributed by atoms with Crippen molar-refractivity contribution in [2.45, 2.75) is 0 Å². The standard InChI is InChI=1S/C17H14N2O3S/c1-22-13-8-6-12(7-9-13)18-17-19-16(21)15(23-17)10-11-4-2-3-5-14(11)20/h2-10,20H,1H3,(H,18,19,21)/b15-10-. The number of aromatic hydroxyl groups is 1. The molecule has 0 spiro atoms. The van der Waals surface area contributed by atoms with Gasteiger partial charge in [0.05, 0.1) is 17.7 Å². The first-order valence-electron chi connectivity index (χ1n) is 6.87. The van der Waals surface area contributed by atoms with E-state index in [1.807, 2.05) is 12.1 Å². The number of nitrogens with one attached hydrogen (secondary N) is 1. The largest absolute Gasteiger partial charge is 0.507 e. The highest BCUT2D eigenvalue weighted by Gasteiger charge is 2.24. The van der Waals surface area contributed by atoms with Gasteiger partial charge in [0.2, 0.25) is 0 Å². The van der Waals surface area contributed by atoms with Crippen LogP contribution >= 0.6 is 11.8 Å². The monoisotopic (exact) mass is 326 g/mol. The molecule has 1 aliphatic heterocycles. The molecule has 0 bridgehead atoms. The zero-order chi connectivity index (χ0) is 16.2. The Morgan fingerprint density at radius 2 is 1.91 bits per heavy atom. The minimum absolute atomic E-state index is 0.133. The predicted octanol–water partition coefficient (Wildman–Crippen LogP) is 3.29. The topological polar surface area (TPSA) is 70.9 Å². The summed E-state index contributed by atoms with van der Waals surface area (Å²) in [5.74, 6) is 0.650. The number of phenols is 1. The summed E-state index contributed by atoms with van der Waals surface area (Å²) in [5, 5.41) is 13.0. The number of carbonyl (C=O) groups excluding carboxylic acids is 1. The lowest BCUT2D eigenvalue weighted by atomic mass is 10.2. The molecule has 1 fully saturated rings. The number of phenolic OH excluding ortho intramolecular Hbond substituents is 1. The third kappa shape index (κ3) is 3.54. The molecule has 2 aromatic carbocycles. The van der Waals surface area contributed by atoms with E-state index in [-0.39, 0.29) is 11.7 Å². The Hall–Kier alpha value is -2.73. The van der Waals surface area contributed by atoms with Crippen LogP contribution in [0.2, 0.25) is 0 Å². The number of rotatable bonds is 3. The van der Waals surface area contributed by atoms with Gasteiger partial charge in [-0.05, 0) is 48.2 Å². The number of amidine groups is 1. The van der Waals surface area contributed by atoms with Crippen LogP contribution in [0, 0.1) is 0 Å². The SMILES string of the molecule is COc1ccc(N=C2NC(=O)/C(=C/c3ccccc3O)S2)cc1. The van der Waals surface area contributed by atoms with Gasteiger partial charge in [-0.1, -0.05) is 18.2 Å². The fourth-order valence-corrected chi connectivity index (χ4v) is 2.84. The number of hydrogen-bond donors (Lipinski definition) is 2. The molecule has 2 N–H and O–H groups in total. The molecule has 0 aromatic heterocycles. The summed E-state index contributed by atoms with van der Waals surface area (Å²) >= 11 is 1.24. The highest BCUT2D eigenvalue weighted by atomic mass is 32.2. The molecule has 1 heterocycles. The normalized spacial score (nSPS) is 17.5. The van der Waals surface area contributed by atoms with Crippen LogP contribution < -0.4 is 10.1 Å². The molecule has 2 aromatic rings. The third-order valence-electron chi connectivity index (χ3n) is 3.18. The van der Waals surface area contributed by atoms with Crippen LogP contribution in [0.3, 0.4) is 0 Å². The molecule has 1 saturated heterocycles. The zero-order valence-corrected chi connectivity index (χ0v) is 13.1. The van der Waals surface area contributed by atoms with Crippen LogP contribution in [0.25, 0.3) is 6.08 Å². The minimum Gasteiger partial charge on any atom is -0.507 e. The van der Waals surface area contributed by atoms with Crippen molar-refractivity contribution >= 4 is 34.6 Å². The van der Waals surface area contributed by atoms with Crippen LogP contribution in [0.5, 0.6) is 11.5 Å². The van der Waals surface area contributed by atoms with E-state index in [2.05, 4.69) is 10.3 Å². The molecular formula is C17H14N2O3S. The maximum atomic E-state index is 12.0. The van der Waals surface area contributed by atoms with E-state index in [0.29, 0.717) is 15.6 Å². The van der Waals surface area contributed by atoms with E-state index in [1.54, 1.807) is 49.6 Å². The number of thioether (sulfide) groups is 1. The number of hydrogen-bond acceptors (Lipinski definition) is 5. The van der Waals surface area contributed by atoms with Crippen LogP contribution in [-0.2, 0) is 4.79 Å². The zero-order valence-electron chi connectivity index (χ0n) is 12.3. The highest BCUT2D eigenvalue weighted by molar-refractivity contribution is 8.18. The van der Waals surface area contributed by atoms with Crippen molar-refractivity contribution < 1.29 is 14.6 Å². The Kier molecular flexibility index (Phi) is 4.34. The average Bonchev–Trinajstić information content (AvgIpc) is 2.90. The maximum Gasteiger partial charge on any atom is 0.264 e. The first kappa shape index (κ1) is 15.2. The van der Waals surface area contributed by atoms with Gasteiger partial charge in [0.1, 0.15) is 11.5 Å². The first-order valence-corrected chi connectivity index (χ1v) is 7.69. The molecule has 0 saturated carbocycles. The van der Waals surface area contributed by atoms with E-state index < -0.39 is 0 Å². The predicted molar refractivity (Wildman–Crippen MR) is 91.9 cm³/mol. The summed E-state index contributed by atoms with van der Waals surface area (Å²) in [6.45, 7) is 0. The van der Waals surface area contributed by atoms with Crippen LogP contribution in [0.4, 0.5) is 5.69 Å². The Balaban J connectivity index is 1.81. The molecule has 1 aliphatic rings. The molecule has 1 amide bonds. The summed E-state index contributed by atoms with van der Waals surface area (Å²) in [4.78, 5) is 16.9. The molecule has 23 heavy (non-hydrogen) atoms. The van der Waals surface area contributed by atoms with E-state index in [1.165, 1.54) is 11.8 Å². The van der Waals surface area contributed by atoms with Crippen molar-refractivity contribution in [1.29, 1.82) is 0 Å². The van der Waals surface area contributed by atoms with Gasteiger partial charge in [-0.15, -0.1) is 0 Å². The fraction of sp³-hybridized carbons (Fsp3) is 0.0588. The lowest BCUT2D eigenvalue weighted by molar-refractivity contribution is -0.115. The van der Waals surface area contributed by atoms with Gasteiger partial charge in [0.25, 0.3) is 5.91 Å². The van der Waals surface area contributed by atoms with Crippen molar-refractivity contribution in [2.75, 3.05) is 7.11 Å². The lowest BCUT2D eigenvalue weighted by Crippen LogP contribution is -2.19. The van der Waals surface area contributed by atoms with E-state index in [0.717, 1.165) is 11.4 Å². The molecule has 5 nitrogen and oxygen atoms in total. The van der Waals surface area contributed by atoms with Crippen LogP contribution in [-0.4, -0.2) is 23.3 Å². The summed E-state index contributed by atoms with van der Waals surface area (Å²) in [6.07, 6.45) is 1.64. The molecule has 0 atom stereocenters. The summed E-state index contributed by atoms with van der Waals surface area (Å²) < 4.78 is 5.09. The first-order chi connectivity index (χ1) is 11.2. The lowest BCUT2D eigenvalue weighted by Gasteiger charge is -2.00. The van der Waals surface area contributed by atoms with E-state index in [4.69, 9.17) is 4.74 Å². The number of methoxy groups -OCH3 is 1. The number of carbonyl (C=O) groups is 1. The van der Waals surface area contributed by atoms with Gasteiger partial charge >= 0.3 is 0 Å². The summed E-state index contributed by atoms with van der Waals surface area (Å²) in [5.41, 5.74) is 1.31. The number of amides is 1. The highest BCUT2D eigenvalue weighted by Crippen LogP contribution is 2.30. The average molecular weight is 326 g/mol. The second-order valence-corrected chi connectivity index (χ2v) is 5.77. The molecule has 3 rings (SSSR count). The maximum absolute atomic E-state index is 12.0. The molecule has 0 aliphatic carbocycles. The van der Waals surface area contributed by atoms with Crippen molar-refractivity contribution in [3.63, 3.8) is 0 Å². The van der Waals surface area contributed by atoms with Crippen LogP contribution in [0.15, 0.2) is 58.4 Å². The number of para-hydroxylation sites is 1. The van der Waals surface area contributed by atoms with Gasteiger partial charge in [-0.2, -0.15) is 0 Å². The second kappa shape index (κ2) is 6.58. The fourth-order valence-electron chi connectivity index (χ4n) is 2.01. The molecule has 116 valence electrons. The Morgan fingerprint density at radius 3 is 2.61 bits per heavy atom.